The Morgan fingerprint density at radius 2 is 2.09 bits per heavy atom. The van der Waals surface area contributed by atoms with E-state index in [1.807, 2.05) is 42.9 Å². The van der Waals surface area contributed by atoms with Gasteiger partial charge in [0.05, 0.1) is 24.7 Å². The number of hydrogen-bond donors (Lipinski definition) is 2. The number of anilines is 2. The smallest absolute Gasteiger partial charge is 0.412 e. The van der Waals surface area contributed by atoms with Gasteiger partial charge in [0.2, 0.25) is 0 Å². The van der Waals surface area contributed by atoms with Crippen LogP contribution in [0.4, 0.5) is 16.3 Å². The molecule has 3 heterocycles. The lowest BCUT2D eigenvalue weighted by Crippen LogP contribution is -2.11. The molecule has 0 saturated carbocycles. The lowest BCUT2D eigenvalue weighted by molar-refractivity contribution is 0.187. The van der Waals surface area contributed by atoms with E-state index in [0.717, 1.165) is 28.2 Å². The van der Waals surface area contributed by atoms with Gasteiger partial charge in [0.25, 0.3) is 0 Å². The molecule has 0 saturated heterocycles. The standard InChI is InChI=1S/C16H17N5O2/c1-10-6-12(17-2)9-21-13(8-19-15(10)21)11-4-5-14(18-7-11)20-16(22)23-3/h4-9,17H,1-3H3,(H,18,20,22). The zero-order valence-electron chi connectivity index (χ0n) is 13.1. The Bertz CT molecular complexity index is 855. The Hall–Kier alpha value is -3.09. The van der Waals surface area contributed by atoms with E-state index in [2.05, 4.69) is 25.3 Å². The fraction of sp³-hybridized carbons (Fsp3) is 0.188. The van der Waals surface area contributed by atoms with E-state index < -0.39 is 6.09 Å². The zero-order chi connectivity index (χ0) is 16.4. The summed E-state index contributed by atoms with van der Waals surface area (Å²) in [6, 6.07) is 5.65. The molecule has 0 spiro atoms. The Morgan fingerprint density at radius 3 is 2.74 bits per heavy atom. The number of nitrogens with zero attached hydrogens (tertiary/aromatic N) is 3. The molecule has 0 aliphatic rings. The maximum atomic E-state index is 11.2. The van der Waals surface area contributed by atoms with E-state index in [-0.39, 0.29) is 0 Å². The van der Waals surface area contributed by atoms with Crippen molar-refractivity contribution >= 4 is 23.2 Å². The molecule has 0 aliphatic heterocycles. The van der Waals surface area contributed by atoms with E-state index in [0.29, 0.717) is 5.82 Å². The maximum Gasteiger partial charge on any atom is 0.412 e. The molecule has 3 rings (SSSR count). The molecule has 0 fully saturated rings. The van der Waals surface area contributed by atoms with Crippen LogP contribution in [0, 0.1) is 6.92 Å². The van der Waals surface area contributed by atoms with Crippen molar-refractivity contribution in [3.63, 3.8) is 0 Å². The first kappa shape index (κ1) is 14.8. The summed E-state index contributed by atoms with van der Waals surface area (Å²) in [4.78, 5) is 19.9. The summed E-state index contributed by atoms with van der Waals surface area (Å²) in [5, 5.41) is 5.66. The predicted molar refractivity (Wildman–Crippen MR) is 88.7 cm³/mol. The molecular weight excluding hydrogens is 294 g/mol. The normalized spacial score (nSPS) is 10.6. The van der Waals surface area contributed by atoms with E-state index in [1.54, 1.807) is 12.3 Å². The van der Waals surface area contributed by atoms with Crippen LogP contribution in [0.3, 0.4) is 0 Å². The monoisotopic (exact) mass is 311 g/mol. The highest BCUT2D eigenvalue weighted by atomic mass is 16.5. The largest absolute Gasteiger partial charge is 0.453 e. The lowest BCUT2D eigenvalue weighted by atomic mass is 10.2. The van der Waals surface area contributed by atoms with Gasteiger partial charge in [0.15, 0.2) is 0 Å². The number of amides is 1. The van der Waals surface area contributed by atoms with E-state index >= 15 is 0 Å². The summed E-state index contributed by atoms with van der Waals surface area (Å²) in [5.41, 5.74) is 4.82. The molecule has 0 atom stereocenters. The third kappa shape index (κ3) is 2.80. The SMILES string of the molecule is CNc1cc(C)c2ncc(-c3ccc(NC(=O)OC)nc3)n2c1. The lowest BCUT2D eigenvalue weighted by Gasteiger charge is -2.08. The minimum absolute atomic E-state index is 0.432. The quantitative estimate of drug-likeness (QED) is 0.777. The van der Waals surface area contributed by atoms with Gasteiger partial charge in [-0.2, -0.15) is 0 Å². The molecule has 0 unspecified atom stereocenters. The Morgan fingerprint density at radius 1 is 1.26 bits per heavy atom. The molecule has 3 aromatic heterocycles. The van der Waals surface area contributed by atoms with Crippen LogP contribution >= 0.6 is 0 Å². The van der Waals surface area contributed by atoms with Crippen molar-refractivity contribution < 1.29 is 9.53 Å². The van der Waals surface area contributed by atoms with E-state index in [1.165, 1.54) is 7.11 Å². The first-order valence-corrected chi connectivity index (χ1v) is 7.09. The highest BCUT2D eigenvalue weighted by Crippen LogP contribution is 2.24. The summed E-state index contributed by atoms with van der Waals surface area (Å²) in [5.74, 6) is 0.432. The highest BCUT2D eigenvalue weighted by Gasteiger charge is 2.10. The maximum absolute atomic E-state index is 11.2. The average molecular weight is 311 g/mol. The van der Waals surface area contributed by atoms with Crippen molar-refractivity contribution in [1.82, 2.24) is 14.4 Å². The summed E-state index contributed by atoms with van der Waals surface area (Å²) in [6.45, 7) is 2.02. The van der Waals surface area contributed by atoms with Crippen molar-refractivity contribution in [1.29, 1.82) is 0 Å². The third-order valence-corrected chi connectivity index (χ3v) is 3.55. The van der Waals surface area contributed by atoms with Crippen LogP contribution in [0.15, 0.2) is 36.8 Å². The molecule has 2 N–H and O–H groups in total. The van der Waals surface area contributed by atoms with E-state index in [4.69, 9.17) is 0 Å². The van der Waals surface area contributed by atoms with Crippen LogP contribution in [0.5, 0.6) is 0 Å². The van der Waals surface area contributed by atoms with Gasteiger partial charge in [0, 0.05) is 25.0 Å². The molecule has 118 valence electrons. The second-order valence-corrected chi connectivity index (χ2v) is 5.05. The molecular formula is C16H17N5O2. The molecule has 0 aromatic carbocycles. The number of pyridine rings is 2. The highest BCUT2D eigenvalue weighted by molar-refractivity contribution is 5.83. The van der Waals surface area contributed by atoms with Crippen molar-refractivity contribution in [2.45, 2.75) is 6.92 Å². The Balaban J connectivity index is 2.00. The molecule has 7 heteroatoms. The summed E-state index contributed by atoms with van der Waals surface area (Å²) >= 11 is 0. The number of nitrogens with one attached hydrogen (secondary N) is 2. The fourth-order valence-electron chi connectivity index (χ4n) is 2.38. The number of methoxy groups -OCH3 is 1. The number of imidazole rings is 1. The van der Waals surface area contributed by atoms with Crippen LogP contribution < -0.4 is 10.6 Å². The summed E-state index contributed by atoms with van der Waals surface area (Å²) in [6.07, 6.45) is 4.95. The molecule has 23 heavy (non-hydrogen) atoms. The molecule has 1 amide bonds. The zero-order valence-corrected chi connectivity index (χ0v) is 13.1. The summed E-state index contributed by atoms with van der Waals surface area (Å²) in [7, 11) is 3.19. The number of rotatable bonds is 3. The molecule has 0 bridgehead atoms. The Labute approximate surface area is 133 Å². The van der Waals surface area contributed by atoms with Crippen LogP contribution in [-0.4, -0.2) is 34.6 Å². The van der Waals surface area contributed by atoms with E-state index in [9.17, 15) is 4.79 Å². The van der Waals surface area contributed by atoms with Crippen LogP contribution in [0.25, 0.3) is 16.9 Å². The van der Waals surface area contributed by atoms with Gasteiger partial charge in [-0.3, -0.25) is 9.72 Å². The van der Waals surface area contributed by atoms with Crippen LogP contribution in [-0.2, 0) is 4.74 Å². The van der Waals surface area contributed by atoms with Gasteiger partial charge >= 0.3 is 6.09 Å². The molecule has 7 nitrogen and oxygen atoms in total. The van der Waals surface area contributed by atoms with Gasteiger partial charge in [0.1, 0.15) is 11.5 Å². The number of aromatic nitrogens is 3. The number of hydrogen-bond acceptors (Lipinski definition) is 5. The fourth-order valence-corrected chi connectivity index (χ4v) is 2.38. The van der Waals surface area contributed by atoms with Gasteiger partial charge in [-0.15, -0.1) is 0 Å². The predicted octanol–water partition coefficient (Wildman–Crippen LogP) is 2.92. The average Bonchev–Trinajstić information content (AvgIpc) is 2.99. The minimum atomic E-state index is -0.547. The van der Waals surface area contributed by atoms with Gasteiger partial charge in [-0.05, 0) is 30.7 Å². The molecule has 0 aliphatic carbocycles. The topological polar surface area (TPSA) is 80.5 Å². The number of aryl methyl sites for hydroxylation is 1. The first-order chi connectivity index (χ1) is 11.1. The number of carbonyl (C=O) groups excluding carboxylic acids is 1. The van der Waals surface area contributed by atoms with Crippen LogP contribution in [0.2, 0.25) is 0 Å². The van der Waals surface area contributed by atoms with Gasteiger partial charge in [-0.1, -0.05) is 0 Å². The number of ether oxygens (including phenoxy) is 1. The Kier molecular flexibility index (Phi) is 3.84. The summed E-state index contributed by atoms with van der Waals surface area (Å²) < 4.78 is 6.56. The molecule has 3 aromatic rings. The number of fused-ring (bicyclic) bond motifs is 1. The van der Waals surface area contributed by atoms with Crippen molar-refractivity contribution in [2.24, 2.45) is 0 Å². The van der Waals surface area contributed by atoms with Crippen molar-refractivity contribution in [3.05, 3.63) is 42.4 Å². The van der Waals surface area contributed by atoms with Gasteiger partial charge < -0.3 is 10.1 Å². The van der Waals surface area contributed by atoms with Gasteiger partial charge in [-0.25, -0.2) is 14.8 Å². The third-order valence-electron chi connectivity index (χ3n) is 3.55. The van der Waals surface area contributed by atoms with Crippen molar-refractivity contribution in [2.75, 3.05) is 24.8 Å². The minimum Gasteiger partial charge on any atom is -0.453 e. The molecule has 0 radical (unpaired) electrons. The van der Waals surface area contributed by atoms with Crippen molar-refractivity contribution in [3.8, 4) is 11.3 Å². The first-order valence-electron chi connectivity index (χ1n) is 7.09. The van der Waals surface area contributed by atoms with Crippen LogP contribution in [0.1, 0.15) is 5.56 Å². The number of carbonyl (C=O) groups is 1. The second-order valence-electron chi connectivity index (χ2n) is 5.05. The second kappa shape index (κ2) is 5.96.